The van der Waals surface area contributed by atoms with Crippen molar-refractivity contribution in [1.82, 2.24) is 10.2 Å². The standard InChI is InChI=1S/C15H25N3O2/c1-11(2)8-17-15(19)10-18(3)9-12-5-13(16)7-14(6-12)20-4/h5-7,11H,8-10,16H2,1-4H3,(H,17,19). The zero-order valence-corrected chi connectivity index (χ0v) is 12.8. The third-order valence-corrected chi connectivity index (χ3v) is 2.80. The molecule has 0 fully saturated rings. The van der Waals surface area contributed by atoms with Crippen LogP contribution in [0.25, 0.3) is 0 Å². The van der Waals surface area contributed by atoms with Crippen LogP contribution in [0.1, 0.15) is 19.4 Å². The van der Waals surface area contributed by atoms with E-state index in [4.69, 9.17) is 10.5 Å². The number of likely N-dealkylation sites (N-methyl/N-ethyl adjacent to an activating group) is 1. The molecule has 0 radical (unpaired) electrons. The van der Waals surface area contributed by atoms with Crippen molar-refractivity contribution in [2.75, 3.05) is 33.0 Å². The summed E-state index contributed by atoms with van der Waals surface area (Å²) in [6.07, 6.45) is 0. The van der Waals surface area contributed by atoms with Crippen molar-refractivity contribution < 1.29 is 9.53 Å². The Kier molecular flexibility index (Phi) is 6.31. The fraction of sp³-hybridized carbons (Fsp3) is 0.533. The van der Waals surface area contributed by atoms with Crippen LogP contribution in [-0.4, -0.2) is 38.1 Å². The van der Waals surface area contributed by atoms with E-state index in [1.54, 1.807) is 13.2 Å². The zero-order chi connectivity index (χ0) is 15.1. The number of carbonyl (C=O) groups excluding carboxylic acids is 1. The van der Waals surface area contributed by atoms with E-state index in [0.29, 0.717) is 31.2 Å². The van der Waals surface area contributed by atoms with Gasteiger partial charge < -0.3 is 15.8 Å². The van der Waals surface area contributed by atoms with E-state index in [2.05, 4.69) is 19.2 Å². The van der Waals surface area contributed by atoms with Crippen LogP contribution in [0.3, 0.4) is 0 Å². The Balaban J connectivity index is 2.51. The molecule has 5 heteroatoms. The molecule has 1 amide bonds. The number of hydrogen-bond acceptors (Lipinski definition) is 4. The van der Waals surface area contributed by atoms with Crippen LogP contribution in [0.5, 0.6) is 5.75 Å². The minimum absolute atomic E-state index is 0.0390. The number of hydrogen-bond donors (Lipinski definition) is 2. The lowest BCUT2D eigenvalue weighted by molar-refractivity contribution is -0.122. The summed E-state index contributed by atoms with van der Waals surface area (Å²) in [5.74, 6) is 1.23. The van der Waals surface area contributed by atoms with Crippen molar-refractivity contribution in [3.05, 3.63) is 23.8 Å². The molecule has 1 rings (SSSR count). The molecule has 3 N–H and O–H groups in total. The van der Waals surface area contributed by atoms with Crippen molar-refractivity contribution in [2.45, 2.75) is 20.4 Å². The van der Waals surface area contributed by atoms with E-state index in [1.807, 2.05) is 24.1 Å². The van der Waals surface area contributed by atoms with Crippen LogP contribution in [0.2, 0.25) is 0 Å². The lowest BCUT2D eigenvalue weighted by Crippen LogP contribution is -2.36. The molecule has 1 aromatic carbocycles. The van der Waals surface area contributed by atoms with E-state index < -0.39 is 0 Å². The highest BCUT2D eigenvalue weighted by atomic mass is 16.5. The van der Waals surface area contributed by atoms with Gasteiger partial charge in [0, 0.05) is 24.8 Å². The first-order valence-corrected chi connectivity index (χ1v) is 6.79. The van der Waals surface area contributed by atoms with Crippen LogP contribution >= 0.6 is 0 Å². The van der Waals surface area contributed by atoms with E-state index in [9.17, 15) is 4.79 Å². The maximum atomic E-state index is 11.7. The molecule has 0 spiro atoms. The average Bonchev–Trinajstić information content (AvgIpc) is 2.35. The Morgan fingerprint density at radius 1 is 1.40 bits per heavy atom. The molecule has 0 aliphatic carbocycles. The molecule has 0 heterocycles. The molecule has 0 atom stereocenters. The molecule has 112 valence electrons. The molecule has 0 aliphatic heterocycles. The van der Waals surface area contributed by atoms with Gasteiger partial charge in [-0.2, -0.15) is 0 Å². The lowest BCUT2D eigenvalue weighted by atomic mass is 10.2. The van der Waals surface area contributed by atoms with Crippen molar-refractivity contribution in [3.63, 3.8) is 0 Å². The number of nitrogens with one attached hydrogen (secondary N) is 1. The van der Waals surface area contributed by atoms with Gasteiger partial charge in [-0.15, -0.1) is 0 Å². The highest BCUT2D eigenvalue weighted by molar-refractivity contribution is 5.77. The Hall–Kier alpha value is -1.75. The first kappa shape index (κ1) is 16.3. The molecule has 1 aromatic rings. The second kappa shape index (κ2) is 7.75. The monoisotopic (exact) mass is 279 g/mol. The number of methoxy groups -OCH3 is 1. The molecule has 20 heavy (non-hydrogen) atoms. The van der Waals surface area contributed by atoms with Crippen molar-refractivity contribution in [1.29, 1.82) is 0 Å². The van der Waals surface area contributed by atoms with Gasteiger partial charge in [0.05, 0.1) is 13.7 Å². The van der Waals surface area contributed by atoms with Gasteiger partial charge in [-0.1, -0.05) is 13.8 Å². The summed E-state index contributed by atoms with van der Waals surface area (Å²) in [5.41, 5.74) is 7.51. The number of nitrogens with two attached hydrogens (primary N) is 1. The number of amides is 1. The minimum atomic E-state index is 0.0390. The number of nitrogens with zero attached hydrogens (tertiary/aromatic N) is 1. The fourth-order valence-corrected chi connectivity index (χ4v) is 1.88. The molecule has 0 unspecified atom stereocenters. The number of ether oxygens (including phenoxy) is 1. The quantitative estimate of drug-likeness (QED) is 0.742. The van der Waals surface area contributed by atoms with Crippen molar-refractivity contribution in [3.8, 4) is 5.75 Å². The molecule has 0 saturated carbocycles. The topological polar surface area (TPSA) is 67.6 Å². The molecule has 5 nitrogen and oxygen atoms in total. The number of carbonyl (C=O) groups is 1. The second-order valence-corrected chi connectivity index (χ2v) is 5.48. The van der Waals surface area contributed by atoms with E-state index >= 15 is 0 Å². The van der Waals surface area contributed by atoms with Crippen LogP contribution in [0, 0.1) is 5.92 Å². The normalized spacial score (nSPS) is 10.9. The summed E-state index contributed by atoms with van der Waals surface area (Å²) in [6.45, 7) is 5.87. The highest BCUT2D eigenvalue weighted by Gasteiger charge is 2.08. The van der Waals surface area contributed by atoms with Gasteiger partial charge in [0.15, 0.2) is 0 Å². The van der Waals surface area contributed by atoms with Gasteiger partial charge in [-0.25, -0.2) is 0 Å². The summed E-state index contributed by atoms with van der Waals surface area (Å²) < 4.78 is 5.19. The van der Waals surface area contributed by atoms with E-state index in [-0.39, 0.29) is 5.91 Å². The van der Waals surface area contributed by atoms with Gasteiger partial charge >= 0.3 is 0 Å². The summed E-state index contributed by atoms with van der Waals surface area (Å²) in [6, 6.07) is 5.60. The Morgan fingerprint density at radius 3 is 2.70 bits per heavy atom. The largest absolute Gasteiger partial charge is 0.497 e. The summed E-state index contributed by atoms with van der Waals surface area (Å²) >= 11 is 0. The molecular weight excluding hydrogens is 254 g/mol. The van der Waals surface area contributed by atoms with Gasteiger partial charge in [-0.3, -0.25) is 9.69 Å². The minimum Gasteiger partial charge on any atom is -0.497 e. The predicted octanol–water partition coefficient (Wildman–Crippen LogP) is 1.48. The van der Waals surface area contributed by atoms with Crippen molar-refractivity contribution in [2.24, 2.45) is 5.92 Å². The number of anilines is 1. The Bertz CT molecular complexity index is 447. The average molecular weight is 279 g/mol. The number of nitrogen functional groups attached to an aromatic ring is 1. The first-order chi connectivity index (χ1) is 9.40. The molecular formula is C15H25N3O2. The van der Waals surface area contributed by atoms with Crippen LogP contribution in [0.4, 0.5) is 5.69 Å². The third kappa shape index (κ3) is 5.93. The lowest BCUT2D eigenvalue weighted by Gasteiger charge is -2.17. The van der Waals surface area contributed by atoms with Crippen LogP contribution in [-0.2, 0) is 11.3 Å². The first-order valence-electron chi connectivity index (χ1n) is 6.79. The maximum absolute atomic E-state index is 11.7. The SMILES string of the molecule is COc1cc(N)cc(CN(C)CC(=O)NCC(C)C)c1. The maximum Gasteiger partial charge on any atom is 0.234 e. The summed E-state index contributed by atoms with van der Waals surface area (Å²) in [5, 5.41) is 2.90. The van der Waals surface area contributed by atoms with Gasteiger partial charge in [-0.05, 0) is 30.7 Å². The van der Waals surface area contributed by atoms with Gasteiger partial charge in [0.2, 0.25) is 5.91 Å². The van der Waals surface area contributed by atoms with Gasteiger partial charge in [0.25, 0.3) is 0 Å². The Labute approximate surface area is 121 Å². The molecule has 0 saturated heterocycles. The highest BCUT2D eigenvalue weighted by Crippen LogP contribution is 2.19. The van der Waals surface area contributed by atoms with E-state index in [1.165, 1.54) is 0 Å². The summed E-state index contributed by atoms with van der Waals surface area (Å²) in [4.78, 5) is 13.7. The third-order valence-electron chi connectivity index (χ3n) is 2.80. The summed E-state index contributed by atoms with van der Waals surface area (Å²) in [7, 11) is 3.52. The van der Waals surface area contributed by atoms with E-state index in [0.717, 1.165) is 11.3 Å². The van der Waals surface area contributed by atoms with Crippen molar-refractivity contribution >= 4 is 11.6 Å². The van der Waals surface area contributed by atoms with Gasteiger partial charge in [0.1, 0.15) is 5.75 Å². The zero-order valence-electron chi connectivity index (χ0n) is 12.8. The second-order valence-electron chi connectivity index (χ2n) is 5.48. The molecule has 0 bridgehead atoms. The van der Waals surface area contributed by atoms with Crippen LogP contribution in [0.15, 0.2) is 18.2 Å². The predicted molar refractivity (Wildman–Crippen MR) is 81.6 cm³/mol. The molecule has 0 aromatic heterocycles. The smallest absolute Gasteiger partial charge is 0.234 e. The Morgan fingerprint density at radius 2 is 2.10 bits per heavy atom. The number of rotatable bonds is 7. The fourth-order valence-electron chi connectivity index (χ4n) is 1.88. The van der Waals surface area contributed by atoms with Crippen LogP contribution < -0.4 is 15.8 Å². The molecule has 0 aliphatic rings. The number of benzene rings is 1.